The first kappa shape index (κ1) is 22.2. The molecule has 2 aromatic heterocycles. The van der Waals surface area contributed by atoms with E-state index in [-0.39, 0.29) is 71.5 Å². The molecule has 0 radical (unpaired) electrons. The molecule has 0 aromatic carbocycles. The number of aromatic nitrogens is 4. The molecular weight excluding hydrogens is 331 g/mol. The van der Waals surface area contributed by atoms with Crippen molar-refractivity contribution in [2.24, 2.45) is 0 Å². The van der Waals surface area contributed by atoms with Crippen LogP contribution in [0.5, 0.6) is 0 Å². The molecule has 0 amide bonds. The third-order valence-corrected chi connectivity index (χ3v) is 3.05. The number of ether oxygens (including phenoxy) is 1. The number of hydrogen-bond acceptors (Lipinski definition) is 8. The molecule has 0 aliphatic rings. The van der Waals surface area contributed by atoms with Crippen molar-refractivity contribution in [3.05, 3.63) is 25.3 Å². The van der Waals surface area contributed by atoms with Gasteiger partial charge in [-0.15, -0.1) is 6.58 Å². The smallest absolute Gasteiger partial charge is 0.809 e. The van der Waals surface area contributed by atoms with Gasteiger partial charge in [0, 0.05) is 0 Å². The second-order valence-corrected chi connectivity index (χ2v) is 5.48. The van der Waals surface area contributed by atoms with Crippen molar-refractivity contribution in [2.75, 3.05) is 18.7 Å². The van der Waals surface area contributed by atoms with Crippen LogP contribution in [0.2, 0.25) is 0 Å². The van der Waals surface area contributed by atoms with Gasteiger partial charge in [-0.2, -0.15) is 0 Å². The minimum Gasteiger partial charge on any atom is -0.809 e. The fraction of sp³-hybridized carbons (Fsp3) is 0.300. The summed E-state index contributed by atoms with van der Waals surface area (Å²) in [6.07, 6.45) is 3.42. The minimum absolute atomic E-state index is 0. The standard InChI is InChI=1S/C10H14N5O4P.2Na/c1-2-7(3-19-6-20(16,17)18)15-5-14-8-9(11)12-4-13-10(8)15;;/h2,4-5,7H,1,3,6H2,(H2,11,12,13)(H2,16,17,18);;/q;2*+1/p-2. The molecule has 2 heterocycles. The van der Waals surface area contributed by atoms with Gasteiger partial charge in [0.2, 0.25) is 0 Å². The van der Waals surface area contributed by atoms with E-state index in [1.807, 2.05) is 0 Å². The van der Waals surface area contributed by atoms with Crippen LogP contribution >= 0.6 is 7.60 Å². The Morgan fingerprint density at radius 3 is 2.68 bits per heavy atom. The van der Waals surface area contributed by atoms with Crippen molar-refractivity contribution in [1.29, 1.82) is 0 Å². The zero-order valence-electron chi connectivity index (χ0n) is 12.4. The average Bonchev–Trinajstić information content (AvgIpc) is 2.79. The first-order valence-electron chi connectivity index (χ1n) is 5.57. The Bertz CT molecular complexity index is 676. The first-order chi connectivity index (χ1) is 9.42. The van der Waals surface area contributed by atoms with Gasteiger partial charge in [0.1, 0.15) is 11.8 Å². The molecule has 0 saturated heterocycles. The maximum atomic E-state index is 10.5. The topological polar surface area (TPSA) is 142 Å². The van der Waals surface area contributed by atoms with Gasteiger partial charge in [-0.1, -0.05) is 6.08 Å². The molecule has 108 valence electrons. The van der Waals surface area contributed by atoms with Crippen LogP contribution in [0.15, 0.2) is 25.3 Å². The average molecular weight is 343 g/mol. The monoisotopic (exact) mass is 343 g/mol. The summed E-state index contributed by atoms with van der Waals surface area (Å²) in [7, 11) is -4.69. The van der Waals surface area contributed by atoms with E-state index in [1.54, 1.807) is 4.57 Å². The number of anilines is 1. The molecule has 1 unspecified atom stereocenters. The van der Waals surface area contributed by atoms with Crippen LogP contribution in [0.4, 0.5) is 5.82 Å². The number of nitrogens with two attached hydrogens (primary N) is 1. The zero-order valence-corrected chi connectivity index (χ0v) is 17.3. The van der Waals surface area contributed by atoms with Crippen LogP contribution in [0.3, 0.4) is 0 Å². The quantitative estimate of drug-likeness (QED) is 0.310. The normalized spacial score (nSPS) is 12.3. The Morgan fingerprint density at radius 1 is 1.41 bits per heavy atom. The van der Waals surface area contributed by atoms with Crippen LogP contribution < -0.4 is 74.6 Å². The number of rotatable bonds is 6. The molecule has 22 heavy (non-hydrogen) atoms. The van der Waals surface area contributed by atoms with Crippen molar-refractivity contribution in [3.8, 4) is 0 Å². The zero-order chi connectivity index (χ0) is 14.8. The molecule has 1 atom stereocenters. The number of hydrogen-bond donors (Lipinski definition) is 1. The molecular formula is C10H12N5Na2O4P. The van der Waals surface area contributed by atoms with E-state index in [4.69, 9.17) is 10.5 Å². The van der Waals surface area contributed by atoms with Crippen molar-refractivity contribution in [3.63, 3.8) is 0 Å². The molecule has 2 aromatic rings. The van der Waals surface area contributed by atoms with Gasteiger partial charge in [-0.25, -0.2) is 15.0 Å². The van der Waals surface area contributed by atoms with E-state index >= 15 is 0 Å². The summed E-state index contributed by atoms with van der Waals surface area (Å²) >= 11 is 0. The van der Waals surface area contributed by atoms with Crippen LogP contribution in [-0.2, 0) is 9.30 Å². The molecule has 0 spiro atoms. The fourth-order valence-corrected chi connectivity index (χ4v) is 1.99. The summed E-state index contributed by atoms with van der Waals surface area (Å²) in [4.78, 5) is 33.0. The van der Waals surface area contributed by atoms with Gasteiger partial charge in [-0.3, -0.25) is 0 Å². The van der Waals surface area contributed by atoms with E-state index in [0.717, 1.165) is 0 Å². The molecule has 0 bridgehead atoms. The van der Waals surface area contributed by atoms with E-state index in [2.05, 4.69) is 21.5 Å². The Labute approximate surface area is 171 Å². The van der Waals surface area contributed by atoms with E-state index in [9.17, 15) is 14.4 Å². The summed E-state index contributed by atoms with van der Waals surface area (Å²) in [5.74, 6) is 0.237. The van der Waals surface area contributed by atoms with Gasteiger partial charge in [-0.05, 0) is 7.60 Å². The Balaban J connectivity index is 0.00000220. The molecule has 12 heteroatoms. The number of imidazole rings is 1. The Morgan fingerprint density at radius 2 is 2.09 bits per heavy atom. The number of nitrogens with zero attached hydrogens (tertiary/aromatic N) is 4. The molecule has 2 rings (SSSR count). The second kappa shape index (κ2) is 9.48. The fourth-order valence-electron chi connectivity index (χ4n) is 1.66. The predicted octanol–water partition coefficient (Wildman–Crippen LogP) is -6.97. The van der Waals surface area contributed by atoms with Crippen molar-refractivity contribution in [2.45, 2.75) is 6.04 Å². The van der Waals surface area contributed by atoms with Gasteiger partial charge in [0.15, 0.2) is 11.5 Å². The van der Waals surface area contributed by atoms with Crippen LogP contribution in [0.1, 0.15) is 6.04 Å². The molecule has 0 saturated carbocycles. The molecule has 0 fully saturated rings. The van der Waals surface area contributed by atoms with Crippen molar-refractivity contribution in [1.82, 2.24) is 19.5 Å². The van der Waals surface area contributed by atoms with Crippen LogP contribution in [0.25, 0.3) is 11.2 Å². The van der Waals surface area contributed by atoms with Gasteiger partial charge >= 0.3 is 59.1 Å². The Kier molecular flexibility index (Phi) is 9.57. The van der Waals surface area contributed by atoms with E-state index in [0.29, 0.717) is 11.2 Å². The third-order valence-electron chi connectivity index (χ3n) is 2.55. The maximum absolute atomic E-state index is 10.5. The maximum Gasteiger partial charge on any atom is 1.00 e. The summed E-state index contributed by atoms with van der Waals surface area (Å²) in [5.41, 5.74) is 6.56. The second-order valence-electron chi connectivity index (χ2n) is 4.00. The minimum atomic E-state index is -4.69. The van der Waals surface area contributed by atoms with Crippen LogP contribution in [-0.4, -0.2) is 32.5 Å². The van der Waals surface area contributed by atoms with Crippen molar-refractivity contribution >= 4 is 24.6 Å². The molecule has 0 aliphatic heterocycles. The van der Waals surface area contributed by atoms with Gasteiger partial charge in [0.05, 0.1) is 25.3 Å². The summed E-state index contributed by atoms with van der Waals surface area (Å²) in [5, 5.41) is 0. The summed E-state index contributed by atoms with van der Waals surface area (Å²) < 4.78 is 17.0. The van der Waals surface area contributed by atoms with Gasteiger partial charge in [0.25, 0.3) is 0 Å². The Hall–Kier alpha value is 0.200. The molecule has 2 N–H and O–H groups in total. The SMILES string of the molecule is C=CC(COCP(=O)([O-])[O-])n1cnc2c(N)ncnc21.[Na+].[Na+]. The van der Waals surface area contributed by atoms with Crippen LogP contribution in [0, 0.1) is 0 Å². The first-order valence-corrected chi connectivity index (χ1v) is 7.29. The van der Waals surface area contributed by atoms with Gasteiger partial charge < -0.3 is 29.4 Å². The molecule has 0 aliphatic carbocycles. The number of fused-ring (bicyclic) bond motifs is 1. The summed E-state index contributed by atoms with van der Waals surface area (Å²) in [6, 6.07) is -0.430. The predicted molar refractivity (Wildman–Crippen MR) is 67.4 cm³/mol. The van der Waals surface area contributed by atoms with Crippen molar-refractivity contribution < 1.29 is 78.2 Å². The van der Waals surface area contributed by atoms with E-state index < -0.39 is 20.0 Å². The number of nitrogen functional groups attached to an aromatic ring is 1. The third kappa shape index (κ3) is 5.68. The molecule has 9 nitrogen and oxygen atoms in total. The summed E-state index contributed by atoms with van der Waals surface area (Å²) in [6.45, 7) is 3.58. The largest absolute Gasteiger partial charge is 1.00 e. The van der Waals surface area contributed by atoms with E-state index in [1.165, 1.54) is 18.7 Å².